The van der Waals surface area contributed by atoms with E-state index in [1.807, 2.05) is 0 Å². The molecule has 0 fully saturated rings. The molecule has 0 unspecified atom stereocenters. The number of anilines is 1. The average molecular weight is 351 g/mol. The summed E-state index contributed by atoms with van der Waals surface area (Å²) < 4.78 is 61.3. The lowest BCUT2D eigenvalue weighted by Gasteiger charge is -2.04. The molecule has 0 bridgehead atoms. The van der Waals surface area contributed by atoms with Crippen LogP contribution in [0.5, 0.6) is 0 Å². The minimum atomic E-state index is -3.98. The number of benzene rings is 1. The van der Waals surface area contributed by atoms with Crippen LogP contribution < -0.4 is 9.86 Å². The summed E-state index contributed by atoms with van der Waals surface area (Å²) in [6.07, 6.45) is 0. The Morgan fingerprint density at radius 2 is 1.76 bits per heavy atom. The second kappa shape index (κ2) is 5.33. The summed E-state index contributed by atoms with van der Waals surface area (Å²) in [5.41, 5.74) is 0.0966. The number of primary sulfonamides is 1. The number of nitrogens with zero attached hydrogens (tertiary/aromatic N) is 1. The number of rotatable bonds is 4. The Balaban J connectivity index is 2.36. The van der Waals surface area contributed by atoms with Crippen molar-refractivity contribution in [2.75, 3.05) is 4.72 Å². The fourth-order valence-electron chi connectivity index (χ4n) is 1.48. The van der Waals surface area contributed by atoms with Crippen molar-refractivity contribution in [2.24, 2.45) is 5.14 Å². The highest BCUT2D eigenvalue weighted by Crippen LogP contribution is 2.27. The summed E-state index contributed by atoms with van der Waals surface area (Å²) >= 11 is 0.603. The van der Waals surface area contributed by atoms with Crippen LogP contribution in [0.25, 0.3) is 0 Å². The molecule has 7 nitrogen and oxygen atoms in total. The smallest absolute Gasteiger partial charge is 0.255 e. The molecule has 0 aliphatic heterocycles. The third kappa shape index (κ3) is 3.56. The molecule has 0 aliphatic rings. The quantitative estimate of drug-likeness (QED) is 0.853. The molecule has 0 aliphatic carbocycles. The maximum Gasteiger partial charge on any atom is 0.263 e. The fraction of sp³-hybridized carbons (Fsp3) is 0.100. The molecule has 0 atom stereocenters. The number of aryl methyl sites for hydroxylation is 1. The highest BCUT2D eigenvalue weighted by molar-refractivity contribution is 7.93. The van der Waals surface area contributed by atoms with E-state index in [0.29, 0.717) is 11.3 Å². The first-order chi connectivity index (χ1) is 9.59. The molecule has 0 radical (unpaired) electrons. The maximum atomic E-state index is 12.8. The molecule has 0 spiro atoms. The van der Waals surface area contributed by atoms with Crippen molar-refractivity contribution >= 4 is 36.5 Å². The van der Waals surface area contributed by atoms with Gasteiger partial charge in [-0.1, -0.05) is 11.3 Å². The van der Waals surface area contributed by atoms with E-state index >= 15 is 0 Å². The predicted octanol–water partition coefficient (Wildman–Crippen LogP) is 1.04. The molecule has 2 rings (SSSR count). The topological polar surface area (TPSA) is 119 Å². The summed E-state index contributed by atoms with van der Waals surface area (Å²) in [4.78, 5) is 3.63. The van der Waals surface area contributed by atoms with Gasteiger partial charge in [0, 0.05) is 0 Å². The number of aromatic nitrogens is 1. The zero-order valence-electron chi connectivity index (χ0n) is 10.6. The zero-order valence-corrected chi connectivity index (χ0v) is 13.0. The average Bonchev–Trinajstić information content (AvgIpc) is 2.69. The van der Waals surface area contributed by atoms with E-state index in [-0.39, 0.29) is 19.9 Å². The van der Waals surface area contributed by atoms with Gasteiger partial charge in [-0.25, -0.2) is 31.3 Å². The van der Waals surface area contributed by atoms with Crippen LogP contribution in [0.15, 0.2) is 33.4 Å². The Bertz CT molecular complexity index is 873. The largest absolute Gasteiger partial charge is 0.263 e. The van der Waals surface area contributed by atoms with Gasteiger partial charge in [0.25, 0.3) is 10.0 Å². The lowest BCUT2D eigenvalue weighted by Crippen LogP contribution is -2.12. The van der Waals surface area contributed by atoms with Gasteiger partial charge in [0.2, 0.25) is 10.0 Å². The van der Waals surface area contributed by atoms with Gasteiger partial charge in [-0.05, 0) is 31.2 Å². The van der Waals surface area contributed by atoms with Crippen LogP contribution >= 0.6 is 11.3 Å². The van der Waals surface area contributed by atoms with Crippen LogP contribution in [0.1, 0.15) is 5.69 Å². The van der Waals surface area contributed by atoms with E-state index in [1.165, 1.54) is 6.92 Å². The molecule has 1 aromatic heterocycles. The van der Waals surface area contributed by atoms with Crippen LogP contribution in [-0.4, -0.2) is 21.8 Å². The van der Waals surface area contributed by atoms with E-state index in [2.05, 4.69) is 9.71 Å². The molecule has 1 aromatic carbocycles. The van der Waals surface area contributed by atoms with Crippen molar-refractivity contribution in [3.05, 3.63) is 35.8 Å². The lowest BCUT2D eigenvalue weighted by atomic mass is 10.4. The van der Waals surface area contributed by atoms with Gasteiger partial charge in [0.15, 0.2) is 9.34 Å². The monoisotopic (exact) mass is 351 g/mol. The van der Waals surface area contributed by atoms with Gasteiger partial charge < -0.3 is 0 Å². The van der Waals surface area contributed by atoms with Crippen LogP contribution in [-0.2, 0) is 20.0 Å². The molecule has 3 N–H and O–H groups in total. The van der Waals surface area contributed by atoms with Crippen molar-refractivity contribution in [3.63, 3.8) is 0 Å². The fourth-order valence-corrected chi connectivity index (χ4v) is 4.57. The van der Waals surface area contributed by atoms with E-state index < -0.39 is 25.9 Å². The Hall–Kier alpha value is -1.56. The molecule has 1 heterocycles. The molecule has 0 amide bonds. The standard InChI is InChI=1S/C10H10FN3O4S3/c1-6-9(20(12,15)16)19-10(13-6)14-21(17,18)8-4-2-7(11)3-5-8/h2-5H,1H3,(H,13,14)(H2,12,15,16). The number of halogens is 1. The Morgan fingerprint density at radius 1 is 1.19 bits per heavy atom. The van der Waals surface area contributed by atoms with Gasteiger partial charge in [0.05, 0.1) is 10.6 Å². The Morgan fingerprint density at radius 3 is 2.24 bits per heavy atom. The SMILES string of the molecule is Cc1nc(NS(=O)(=O)c2ccc(F)cc2)sc1S(N)(=O)=O. The third-order valence-electron chi connectivity index (χ3n) is 2.36. The van der Waals surface area contributed by atoms with Crippen molar-refractivity contribution in [3.8, 4) is 0 Å². The van der Waals surface area contributed by atoms with Crippen LogP contribution in [0.4, 0.5) is 9.52 Å². The first-order valence-corrected chi connectivity index (χ1v) is 9.23. The molecule has 114 valence electrons. The maximum absolute atomic E-state index is 12.8. The normalized spacial score (nSPS) is 12.3. The Labute approximate surface area is 124 Å². The minimum absolute atomic E-state index is 0.0966. The summed E-state index contributed by atoms with van der Waals surface area (Å²) in [6, 6.07) is 4.16. The summed E-state index contributed by atoms with van der Waals surface area (Å²) in [5, 5.41) is 4.85. The van der Waals surface area contributed by atoms with E-state index in [1.54, 1.807) is 0 Å². The molecule has 21 heavy (non-hydrogen) atoms. The van der Waals surface area contributed by atoms with Crippen molar-refractivity contribution < 1.29 is 21.2 Å². The summed E-state index contributed by atoms with van der Waals surface area (Å²) in [5.74, 6) is -0.574. The number of thiazole rings is 1. The van der Waals surface area contributed by atoms with E-state index in [0.717, 1.165) is 24.3 Å². The van der Waals surface area contributed by atoms with Gasteiger partial charge in [-0.15, -0.1) is 0 Å². The van der Waals surface area contributed by atoms with Gasteiger partial charge >= 0.3 is 0 Å². The number of nitrogens with one attached hydrogen (secondary N) is 1. The van der Waals surface area contributed by atoms with Crippen LogP contribution in [0.3, 0.4) is 0 Å². The number of nitrogens with two attached hydrogens (primary N) is 1. The Kier molecular flexibility index (Phi) is 4.02. The molecule has 0 saturated heterocycles. The van der Waals surface area contributed by atoms with Gasteiger partial charge in [0.1, 0.15) is 5.82 Å². The van der Waals surface area contributed by atoms with Crippen molar-refractivity contribution in [1.29, 1.82) is 0 Å². The first kappa shape index (κ1) is 15.8. The summed E-state index contributed by atoms with van der Waals surface area (Å²) in [6.45, 7) is 1.39. The highest BCUT2D eigenvalue weighted by Gasteiger charge is 2.21. The van der Waals surface area contributed by atoms with Crippen LogP contribution in [0, 0.1) is 12.7 Å². The first-order valence-electron chi connectivity index (χ1n) is 5.38. The van der Waals surface area contributed by atoms with E-state index in [4.69, 9.17) is 5.14 Å². The van der Waals surface area contributed by atoms with Gasteiger partial charge in [-0.2, -0.15) is 0 Å². The molecular formula is C10H10FN3O4S3. The molecule has 0 saturated carbocycles. The summed E-state index contributed by atoms with van der Waals surface area (Å²) in [7, 11) is -7.95. The highest BCUT2D eigenvalue weighted by atomic mass is 32.2. The number of hydrogen-bond donors (Lipinski definition) is 2. The molecule has 11 heteroatoms. The predicted molar refractivity (Wildman–Crippen MR) is 75.4 cm³/mol. The third-order valence-corrected chi connectivity index (χ3v) is 6.47. The zero-order chi connectivity index (χ0) is 15.8. The van der Waals surface area contributed by atoms with Crippen molar-refractivity contribution in [2.45, 2.75) is 16.0 Å². The van der Waals surface area contributed by atoms with Crippen LogP contribution in [0.2, 0.25) is 0 Å². The molecular weight excluding hydrogens is 341 g/mol. The second-order valence-electron chi connectivity index (χ2n) is 4.00. The minimum Gasteiger partial charge on any atom is -0.255 e. The number of sulfonamides is 2. The second-order valence-corrected chi connectivity index (χ2v) is 8.43. The van der Waals surface area contributed by atoms with Gasteiger partial charge in [-0.3, -0.25) is 4.72 Å². The van der Waals surface area contributed by atoms with E-state index in [9.17, 15) is 21.2 Å². The lowest BCUT2D eigenvalue weighted by molar-refractivity contribution is 0.597. The van der Waals surface area contributed by atoms with Crippen molar-refractivity contribution in [1.82, 2.24) is 4.98 Å². The molecule has 2 aromatic rings. The number of hydrogen-bond acceptors (Lipinski definition) is 6.